The molecule has 0 unspecified atom stereocenters. The molecule has 1 N–H and O–H groups in total. The minimum atomic E-state index is -0.500. The highest BCUT2D eigenvalue weighted by atomic mass is 16.6. The number of esters is 1. The number of carbonyl (C=O) groups is 2. The summed E-state index contributed by atoms with van der Waals surface area (Å²) in [5.74, 6) is 1.48. The molecule has 34 heavy (non-hydrogen) atoms. The van der Waals surface area contributed by atoms with Gasteiger partial charge >= 0.3 is 5.97 Å². The van der Waals surface area contributed by atoms with E-state index in [1.807, 2.05) is 0 Å². The summed E-state index contributed by atoms with van der Waals surface area (Å²) in [4.78, 5) is 31.5. The first-order chi connectivity index (χ1) is 16.3. The minimum Gasteiger partial charge on any atom is -0.467 e. The third kappa shape index (κ3) is 3.78. The van der Waals surface area contributed by atoms with E-state index < -0.39 is 6.04 Å². The maximum absolute atomic E-state index is 12.6. The third-order valence-electron chi connectivity index (χ3n) is 10.3. The Balaban J connectivity index is 1.23. The van der Waals surface area contributed by atoms with E-state index in [9.17, 15) is 14.7 Å². The molecule has 4 aliphatic carbocycles. The second-order valence-corrected chi connectivity index (χ2v) is 11.8. The van der Waals surface area contributed by atoms with Crippen molar-refractivity contribution in [3.8, 4) is 0 Å². The van der Waals surface area contributed by atoms with Crippen molar-refractivity contribution < 1.29 is 24.3 Å². The van der Waals surface area contributed by atoms with Crippen LogP contribution in [0.1, 0.15) is 78.1 Å². The summed E-state index contributed by atoms with van der Waals surface area (Å²) < 4.78 is 4.82. The molecule has 0 bridgehead atoms. The van der Waals surface area contributed by atoms with E-state index in [0.29, 0.717) is 30.7 Å². The molecule has 7 nitrogen and oxygen atoms in total. The molecule has 1 saturated heterocycles. The van der Waals surface area contributed by atoms with Crippen LogP contribution in [0.15, 0.2) is 16.8 Å². The van der Waals surface area contributed by atoms with Gasteiger partial charge in [0.1, 0.15) is 6.04 Å². The summed E-state index contributed by atoms with van der Waals surface area (Å²) in [5.41, 5.74) is 2.72. The molecule has 1 aliphatic heterocycles. The number of amides is 1. The zero-order valence-electron chi connectivity index (χ0n) is 20.9. The molecule has 4 fully saturated rings. The number of carbonyl (C=O) groups excluding carboxylic acids is 2. The molecule has 0 spiro atoms. The second kappa shape index (κ2) is 8.96. The predicted octanol–water partition coefficient (Wildman–Crippen LogP) is 3.85. The number of aliphatic hydroxyl groups is 1. The van der Waals surface area contributed by atoms with Crippen molar-refractivity contribution in [3.63, 3.8) is 0 Å². The highest BCUT2D eigenvalue weighted by molar-refractivity contribution is 5.96. The summed E-state index contributed by atoms with van der Waals surface area (Å²) in [7, 11) is 1.35. The van der Waals surface area contributed by atoms with Crippen LogP contribution < -0.4 is 0 Å². The van der Waals surface area contributed by atoms with Gasteiger partial charge in [0, 0.05) is 6.54 Å². The number of ether oxygens (including phenoxy) is 1. The quantitative estimate of drug-likeness (QED) is 0.496. The van der Waals surface area contributed by atoms with Crippen LogP contribution in [-0.2, 0) is 19.2 Å². The largest absolute Gasteiger partial charge is 0.467 e. The Bertz CT molecular complexity index is 899. The van der Waals surface area contributed by atoms with Gasteiger partial charge in [-0.2, -0.15) is 0 Å². The van der Waals surface area contributed by atoms with E-state index in [1.165, 1.54) is 31.9 Å². The van der Waals surface area contributed by atoms with Gasteiger partial charge in [-0.15, -0.1) is 0 Å². The molecule has 5 rings (SSSR count). The maximum atomic E-state index is 12.6. The summed E-state index contributed by atoms with van der Waals surface area (Å²) >= 11 is 0. The van der Waals surface area contributed by atoms with Gasteiger partial charge in [-0.05, 0) is 98.9 Å². The standard InChI is InChI=1S/C27H40N2O5/c1-26-12-10-18(28-34-16-24(31)29-14-4-5-22(29)25(32)33-3)15-17(26)6-7-19-20-8-9-23(30)27(20,2)13-11-21(19)26/h15,19-23,30H,4-14,16H2,1-3H3/b28-18+/t19-,20-,21-,22-,23+,26-,27-/m0/s1. The smallest absolute Gasteiger partial charge is 0.328 e. The SMILES string of the molecule is COC(=O)[C@@H]1CCCN1C(=O)CO/N=C1/C=C2CC[C@H]3[C@@H]4CC[C@@H](O)[C@@]4(C)CC[C@@H]3[C@@]2(C)CC1. The fourth-order valence-electron chi connectivity index (χ4n) is 8.32. The van der Waals surface area contributed by atoms with Crippen LogP contribution in [0.2, 0.25) is 0 Å². The molecule has 3 saturated carbocycles. The maximum Gasteiger partial charge on any atom is 0.328 e. The van der Waals surface area contributed by atoms with Crippen molar-refractivity contribution in [2.45, 2.75) is 90.2 Å². The lowest BCUT2D eigenvalue weighted by molar-refractivity contribution is -0.152. The monoisotopic (exact) mass is 472 g/mol. The summed E-state index contributed by atoms with van der Waals surface area (Å²) in [6.45, 7) is 5.19. The molecule has 0 aromatic carbocycles. The molecule has 7 heteroatoms. The Morgan fingerprint density at radius 2 is 1.94 bits per heavy atom. The van der Waals surface area contributed by atoms with E-state index in [0.717, 1.165) is 44.2 Å². The van der Waals surface area contributed by atoms with Crippen molar-refractivity contribution in [3.05, 3.63) is 11.6 Å². The summed E-state index contributed by atoms with van der Waals surface area (Å²) in [6, 6.07) is -0.500. The normalized spacial score (nSPS) is 42.5. The highest BCUT2D eigenvalue weighted by Gasteiger charge is 2.58. The van der Waals surface area contributed by atoms with E-state index in [-0.39, 0.29) is 35.4 Å². The predicted molar refractivity (Wildman–Crippen MR) is 128 cm³/mol. The van der Waals surface area contributed by atoms with Crippen LogP contribution in [0, 0.1) is 28.6 Å². The van der Waals surface area contributed by atoms with Crippen LogP contribution in [0.3, 0.4) is 0 Å². The van der Waals surface area contributed by atoms with Crippen molar-refractivity contribution in [1.82, 2.24) is 4.90 Å². The molecule has 0 aromatic rings. The van der Waals surface area contributed by atoms with E-state index >= 15 is 0 Å². The Hall–Kier alpha value is -1.89. The number of rotatable bonds is 4. The first kappa shape index (κ1) is 23.8. The second-order valence-electron chi connectivity index (χ2n) is 11.8. The molecule has 7 atom stereocenters. The lowest BCUT2D eigenvalue weighted by Crippen LogP contribution is -2.51. The summed E-state index contributed by atoms with van der Waals surface area (Å²) in [5, 5.41) is 15.0. The first-order valence-electron chi connectivity index (χ1n) is 13.2. The number of likely N-dealkylation sites (tertiary alicyclic amines) is 1. The van der Waals surface area contributed by atoms with Gasteiger partial charge in [-0.1, -0.05) is 24.6 Å². The fourth-order valence-corrected chi connectivity index (χ4v) is 8.32. The highest BCUT2D eigenvalue weighted by Crippen LogP contribution is 2.65. The molecule has 188 valence electrons. The number of aliphatic hydroxyl groups excluding tert-OH is 1. The van der Waals surface area contributed by atoms with Gasteiger partial charge in [0.2, 0.25) is 0 Å². The number of allylic oxidation sites excluding steroid dienone is 2. The molecular weight excluding hydrogens is 432 g/mol. The van der Waals surface area contributed by atoms with Gasteiger partial charge in [0.05, 0.1) is 18.9 Å². The van der Waals surface area contributed by atoms with Crippen molar-refractivity contribution in [2.75, 3.05) is 20.3 Å². The van der Waals surface area contributed by atoms with Crippen LogP contribution in [0.5, 0.6) is 0 Å². The average Bonchev–Trinajstić information content (AvgIpc) is 3.43. The number of hydrogen-bond donors (Lipinski definition) is 1. The van der Waals surface area contributed by atoms with E-state index in [2.05, 4.69) is 25.1 Å². The van der Waals surface area contributed by atoms with Gasteiger partial charge in [0.15, 0.2) is 6.61 Å². The Kier molecular flexibility index (Phi) is 6.28. The first-order valence-corrected chi connectivity index (χ1v) is 13.2. The van der Waals surface area contributed by atoms with Crippen LogP contribution in [0.4, 0.5) is 0 Å². The number of fused-ring (bicyclic) bond motifs is 5. The number of methoxy groups -OCH3 is 1. The molecule has 1 amide bonds. The van der Waals surface area contributed by atoms with Crippen molar-refractivity contribution >= 4 is 17.6 Å². The fraction of sp³-hybridized carbons (Fsp3) is 0.815. The lowest BCUT2D eigenvalue weighted by atomic mass is 9.47. The van der Waals surface area contributed by atoms with Crippen LogP contribution in [0.25, 0.3) is 0 Å². The van der Waals surface area contributed by atoms with Crippen molar-refractivity contribution in [1.29, 1.82) is 0 Å². The van der Waals surface area contributed by atoms with Crippen LogP contribution >= 0.6 is 0 Å². The Morgan fingerprint density at radius 1 is 1.12 bits per heavy atom. The lowest BCUT2D eigenvalue weighted by Gasteiger charge is -2.57. The van der Waals surface area contributed by atoms with Gasteiger partial charge < -0.3 is 19.6 Å². The minimum absolute atomic E-state index is 0.114. The van der Waals surface area contributed by atoms with Gasteiger partial charge in [-0.25, -0.2) is 4.79 Å². The average molecular weight is 473 g/mol. The van der Waals surface area contributed by atoms with Gasteiger partial charge in [0.25, 0.3) is 5.91 Å². The van der Waals surface area contributed by atoms with E-state index in [1.54, 1.807) is 4.90 Å². The van der Waals surface area contributed by atoms with Gasteiger partial charge in [-0.3, -0.25) is 4.79 Å². The van der Waals surface area contributed by atoms with Crippen LogP contribution in [-0.4, -0.2) is 60.0 Å². The number of oxime groups is 1. The summed E-state index contributed by atoms with van der Waals surface area (Å²) in [6.07, 6.45) is 12.2. The Morgan fingerprint density at radius 3 is 2.74 bits per heavy atom. The number of nitrogens with zero attached hydrogens (tertiary/aromatic N) is 2. The van der Waals surface area contributed by atoms with E-state index in [4.69, 9.17) is 9.57 Å². The topological polar surface area (TPSA) is 88.4 Å². The molecule has 0 radical (unpaired) electrons. The Labute approximate surface area is 202 Å². The number of hydrogen-bond acceptors (Lipinski definition) is 6. The molecule has 5 aliphatic rings. The zero-order valence-corrected chi connectivity index (χ0v) is 20.9. The molecular formula is C27H40N2O5. The molecule has 0 aromatic heterocycles. The van der Waals surface area contributed by atoms with Crippen molar-refractivity contribution in [2.24, 2.45) is 33.7 Å². The molecule has 1 heterocycles. The third-order valence-corrected chi connectivity index (χ3v) is 10.3. The zero-order chi connectivity index (χ0) is 24.1.